The molecular formula is C20H21N3S. The van der Waals surface area contributed by atoms with Crippen LogP contribution in [0, 0.1) is 0 Å². The Hall–Kier alpha value is -2.17. The van der Waals surface area contributed by atoms with Crippen LogP contribution in [0.15, 0.2) is 60.0 Å². The molecule has 0 atom stereocenters. The molecule has 0 saturated carbocycles. The first-order chi connectivity index (χ1) is 11.8. The Bertz CT molecular complexity index is 791. The molecule has 0 unspecified atom stereocenters. The lowest BCUT2D eigenvalue weighted by Gasteiger charge is -2.33. The highest BCUT2D eigenvalue weighted by atomic mass is 32.1. The van der Waals surface area contributed by atoms with Gasteiger partial charge in [-0.05, 0) is 36.2 Å². The zero-order valence-electron chi connectivity index (χ0n) is 13.9. The van der Waals surface area contributed by atoms with E-state index in [0.717, 1.165) is 37.7 Å². The van der Waals surface area contributed by atoms with Crippen LogP contribution in [0.25, 0.3) is 21.7 Å². The zero-order valence-corrected chi connectivity index (χ0v) is 14.7. The van der Waals surface area contributed by atoms with E-state index in [0.29, 0.717) is 0 Å². The molecule has 3 nitrogen and oxygen atoms in total. The summed E-state index contributed by atoms with van der Waals surface area (Å²) < 4.78 is 0. The van der Waals surface area contributed by atoms with Gasteiger partial charge in [0.2, 0.25) is 0 Å². The Labute approximate surface area is 147 Å². The number of nitrogens with zero attached hydrogens (tertiary/aromatic N) is 3. The fourth-order valence-corrected chi connectivity index (χ4v) is 3.77. The van der Waals surface area contributed by atoms with Gasteiger partial charge in [0.05, 0.1) is 5.69 Å². The van der Waals surface area contributed by atoms with Crippen LogP contribution in [-0.4, -0.2) is 43.1 Å². The Morgan fingerprint density at radius 1 is 0.875 bits per heavy atom. The SMILES string of the molecule is CN1CCN(c2cc(-c3cccs3)cc(-c3ccccc3)n2)CC1. The fourth-order valence-electron chi connectivity index (χ4n) is 3.06. The number of aromatic nitrogens is 1. The molecule has 0 spiro atoms. The molecule has 3 aromatic rings. The smallest absolute Gasteiger partial charge is 0.129 e. The van der Waals surface area contributed by atoms with E-state index in [9.17, 15) is 0 Å². The minimum Gasteiger partial charge on any atom is -0.354 e. The molecule has 0 aliphatic carbocycles. The van der Waals surface area contributed by atoms with Gasteiger partial charge < -0.3 is 9.80 Å². The van der Waals surface area contributed by atoms with E-state index < -0.39 is 0 Å². The van der Waals surface area contributed by atoms with Crippen molar-refractivity contribution in [3.05, 3.63) is 60.0 Å². The summed E-state index contributed by atoms with van der Waals surface area (Å²) in [7, 11) is 2.18. The number of likely N-dealkylation sites (N-methyl/N-ethyl adjacent to an activating group) is 1. The second-order valence-electron chi connectivity index (χ2n) is 6.23. The van der Waals surface area contributed by atoms with Crippen LogP contribution in [0.3, 0.4) is 0 Å². The first-order valence-electron chi connectivity index (χ1n) is 8.34. The number of piperazine rings is 1. The number of hydrogen-bond acceptors (Lipinski definition) is 4. The third kappa shape index (κ3) is 3.21. The van der Waals surface area contributed by atoms with Crippen molar-refractivity contribution in [2.45, 2.75) is 0 Å². The van der Waals surface area contributed by atoms with Gasteiger partial charge in [0.15, 0.2) is 0 Å². The summed E-state index contributed by atoms with van der Waals surface area (Å²) in [4.78, 5) is 11.0. The van der Waals surface area contributed by atoms with Gasteiger partial charge in [0.25, 0.3) is 0 Å². The Morgan fingerprint density at radius 2 is 1.67 bits per heavy atom. The monoisotopic (exact) mass is 335 g/mol. The molecule has 1 fully saturated rings. The summed E-state index contributed by atoms with van der Waals surface area (Å²) in [6.45, 7) is 4.24. The second-order valence-corrected chi connectivity index (χ2v) is 7.18. The summed E-state index contributed by atoms with van der Waals surface area (Å²) in [6, 6.07) is 19.2. The lowest BCUT2D eigenvalue weighted by molar-refractivity contribution is 0.312. The van der Waals surface area contributed by atoms with Gasteiger partial charge in [-0.1, -0.05) is 36.4 Å². The lowest BCUT2D eigenvalue weighted by Crippen LogP contribution is -2.44. The minimum atomic E-state index is 1.03. The number of benzene rings is 1. The van der Waals surface area contributed by atoms with Crippen molar-refractivity contribution in [3.63, 3.8) is 0 Å². The standard InChI is InChI=1S/C20H21N3S/c1-22-9-11-23(12-10-22)20-15-17(19-8-5-13-24-19)14-18(21-20)16-6-3-2-4-7-16/h2-8,13-15H,9-12H2,1H3. The maximum absolute atomic E-state index is 4.97. The Kier molecular flexibility index (Phi) is 4.32. The zero-order chi connectivity index (χ0) is 16.4. The van der Waals surface area contributed by atoms with Crippen molar-refractivity contribution in [1.29, 1.82) is 0 Å². The molecule has 2 aromatic heterocycles. The summed E-state index contributed by atoms with van der Waals surface area (Å²) in [5.74, 6) is 1.09. The molecule has 1 saturated heterocycles. The maximum Gasteiger partial charge on any atom is 0.129 e. The summed E-state index contributed by atoms with van der Waals surface area (Å²) in [6.07, 6.45) is 0. The molecule has 1 aliphatic rings. The van der Waals surface area contributed by atoms with Crippen LogP contribution in [0.1, 0.15) is 0 Å². The summed E-state index contributed by atoms with van der Waals surface area (Å²) >= 11 is 1.78. The van der Waals surface area contributed by atoms with Crippen LogP contribution in [0.2, 0.25) is 0 Å². The van der Waals surface area contributed by atoms with Crippen LogP contribution in [0.4, 0.5) is 5.82 Å². The van der Waals surface area contributed by atoms with Crippen molar-refractivity contribution in [3.8, 4) is 21.7 Å². The molecule has 1 aliphatic heterocycles. The van der Waals surface area contributed by atoms with Crippen molar-refractivity contribution in [2.24, 2.45) is 0 Å². The average Bonchev–Trinajstić information content (AvgIpc) is 3.17. The topological polar surface area (TPSA) is 19.4 Å². The number of rotatable bonds is 3. The summed E-state index contributed by atoms with van der Waals surface area (Å²) in [5, 5.41) is 2.13. The van der Waals surface area contributed by atoms with E-state index >= 15 is 0 Å². The normalized spacial score (nSPS) is 15.6. The lowest BCUT2D eigenvalue weighted by atomic mass is 10.1. The minimum absolute atomic E-state index is 1.03. The van der Waals surface area contributed by atoms with E-state index in [2.05, 4.69) is 70.8 Å². The third-order valence-electron chi connectivity index (χ3n) is 4.51. The molecule has 0 N–H and O–H groups in total. The Balaban J connectivity index is 1.77. The molecule has 1 aromatic carbocycles. The molecule has 4 heteroatoms. The number of hydrogen-bond donors (Lipinski definition) is 0. The highest BCUT2D eigenvalue weighted by Crippen LogP contribution is 2.31. The van der Waals surface area contributed by atoms with Crippen molar-refractivity contribution in [2.75, 3.05) is 38.1 Å². The molecule has 0 amide bonds. The average molecular weight is 335 g/mol. The molecule has 4 rings (SSSR count). The van der Waals surface area contributed by atoms with Gasteiger partial charge >= 0.3 is 0 Å². The largest absolute Gasteiger partial charge is 0.354 e. The van der Waals surface area contributed by atoms with Gasteiger partial charge in [0.1, 0.15) is 5.82 Å². The molecule has 122 valence electrons. The quantitative estimate of drug-likeness (QED) is 0.714. The highest BCUT2D eigenvalue weighted by molar-refractivity contribution is 7.13. The van der Waals surface area contributed by atoms with Gasteiger partial charge in [-0.3, -0.25) is 0 Å². The van der Waals surface area contributed by atoms with Crippen molar-refractivity contribution in [1.82, 2.24) is 9.88 Å². The van der Waals surface area contributed by atoms with E-state index in [1.165, 1.54) is 16.0 Å². The van der Waals surface area contributed by atoms with E-state index in [4.69, 9.17) is 4.98 Å². The fraction of sp³-hybridized carbons (Fsp3) is 0.250. The van der Waals surface area contributed by atoms with E-state index in [-0.39, 0.29) is 0 Å². The first-order valence-corrected chi connectivity index (χ1v) is 9.22. The third-order valence-corrected chi connectivity index (χ3v) is 5.43. The van der Waals surface area contributed by atoms with Crippen molar-refractivity contribution < 1.29 is 0 Å². The molecule has 0 bridgehead atoms. The summed E-state index contributed by atoms with van der Waals surface area (Å²) in [5.41, 5.74) is 3.48. The van der Waals surface area contributed by atoms with E-state index in [1.54, 1.807) is 11.3 Å². The van der Waals surface area contributed by atoms with E-state index in [1.807, 2.05) is 6.07 Å². The highest BCUT2D eigenvalue weighted by Gasteiger charge is 2.17. The second kappa shape index (κ2) is 6.75. The molecule has 0 radical (unpaired) electrons. The van der Waals surface area contributed by atoms with Gasteiger partial charge in [-0.2, -0.15) is 0 Å². The predicted molar refractivity (Wildman–Crippen MR) is 103 cm³/mol. The number of pyridine rings is 1. The van der Waals surface area contributed by atoms with Crippen LogP contribution < -0.4 is 4.90 Å². The predicted octanol–water partition coefficient (Wildman–Crippen LogP) is 4.23. The van der Waals surface area contributed by atoms with Crippen LogP contribution >= 0.6 is 11.3 Å². The molecule has 3 heterocycles. The van der Waals surface area contributed by atoms with Crippen LogP contribution in [0.5, 0.6) is 0 Å². The Morgan fingerprint density at radius 3 is 2.38 bits per heavy atom. The number of thiophene rings is 1. The number of anilines is 1. The van der Waals surface area contributed by atoms with Crippen LogP contribution in [-0.2, 0) is 0 Å². The molecule has 24 heavy (non-hydrogen) atoms. The van der Waals surface area contributed by atoms with Gasteiger partial charge in [0, 0.05) is 36.6 Å². The maximum atomic E-state index is 4.97. The van der Waals surface area contributed by atoms with Gasteiger partial charge in [-0.15, -0.1) is 11.3 Å². The van der Waals surface area contributed by atoms with Gasteiger partial charge in [-0.25, -0.2) is 4.98 Å². The molecular weight excluding hydrogens is 314 g/mol. The first kappa shape index (κ1) is 15.4. The van der Waals surface area contributed by atoms with Crippen molar-refractivity contribution >= 4 is 17.2 Å².